The van der Waals surface area contributed by atoms with Gasteiger partial charge in [0.2, 0.25) is 0 Å². The molecule has 2 aromatic carbocycles. The molecule has 1 atom stereocenters. The summed E-state index contributed by atoms with van der Waals surface area (Å²) in [6, 6.07) is 13.9. The molecule has 0 saturated carbocycles. The molecule has 30 heavy (non-hydrogen) atoms. The topological polar surface area (TPSA) is 58.1 Å². The first-order chi connectivity index (χ1) is 14.5. The summed E-state index contributed by atoms with van der Waals surface area (Å²) in [6.07, 6.45) is 5.84. The van der Waals surface area contributed by atoms with E-state index in [0.717, 1.165) is 35.7 Å². The van der Waals surface area contributed by atoms with Crippen LogP contribution in [0.5, 0.6) is 0 Å². The van der Waals surface area contributed by atoms with Crippen molar-refractivity contribution in [2.24, 2.45) is 0 Å². The van der Waals surface area contributed by atoms with Gasteiger partial charge in [-0.2, -0.15) is 0 Å². The smallest absolute Gasteiger partial charge is 0.251 e. The highest BCUT2D eigenvalue weighted by atomic mass is 16.1. The predicted molar refractivity (Wildman–Crippen MR) is 121 cm³/mol. The number of aryl methyl sites for hydroxylation is 2. The first kappa shape index (κ1) is 20.1. The van der Waals surface area contributed by atoms with Gasteiger partial charge in [-0.15, -0.1) is 0 Å². The molecule has 0 aliphatic carbocycles. The van der Waals surface area contributed by atoms with Crippen LogP contribution in [0.15, 0.2) is 54.9 Å². The standard InChI is InChI=1S/C25H28N4O/c1-17-6-11-22(18(2)16-17)19(3)28-25(30)21-9-7-20(8-10-21)23-24(27-13-12-26-23)29-14-4-5-15-29/h6-13,16,19H,4-5,14-15H2,1-3H3,(H,28,30)/t19-/m0/s1. The van der Waals surface area contributed by atoms with Gasteiger partial charge in [-0.3, -0.25) is 9.78 Å². The zero-order chi connectivity index (χ0) is 21.1. The van der Waals surface area contributed by atoms with Crippen LogP contribution < -0.4 is 10.2 Å². The lowest BCUT2D eigenvalue weighted by Gasteiger charge is -2.19. The van der Waals surface area contributed by atoms with Crippen molar-refractivity contribution >= 4 is 11.7 Å². The van der Waals surface area contributed by atoms with E-state index in [0.29, 0.717) is 5.56 Å². The van der Waals surface area contributed by atoms with Crippen molar-refractivity contribution in [3.63, 3.8) is 0 Å². The Hall–Kier alpha value is -3.21. The number of carbonyl (C=O) groups is 1. The molecule has 0 unspecified atom stereocenters. The highest BCUT2D eigenvalue weighted by Gasteiger charge is 2.19. The van der Waals surface area contributed by atoms with E-state index in [2.05, 4.69) is 52.2 Å². The van der Waals surface area contributed by atoms with Gasteiger partial charge in [-0.05, 0) is 56.9 Å². The van der Waals surface area contributed by atoms with E-state index >= 15 is 0 Å². The van der Waals surface area contributed by atoms with Crippen molar-refractivity contribution in [1.82, 2.24) is 15.3 Å². The quantitative estimate of drug-likeness (QED) is 0.665. The maximum absolute atomic E-state index is 12.8. The Labute approximate surface area is 178 Å². The Morgan fingerprint density at radius 1 is 1.00 bits per heavy atom. The zero-order valence-corrected chi connectivity index (χ0v) is 17.9. The monoisotopic (exact) mass is 400 g/mol. The number of hydrogen-bond donors (Lipinski definition) is 1. The van der Waals surface area contributed by atoms with Crippen LogP contribution in [-0.2, 0) is 0 Å². The summed E-state index contributed by atoms with van der Waals surface area (Å²) in [5.41, 5.74) is 6.04. The van der Waals surface area contributed by atoms with E-state index in [9.17, 15) is 4.79 Å². The first-order valence-corrected chi connectivity index (χ1v) is 10.6. The van der Waals surface area contributed by atoms with Crippen molar-refractivity contribution in [3.8, 4) is 11.3 Å². The normalized spacial score (nSPS) is 14.6. The van der Waals surface area contributed by atoms with Gasteiger partial charge >= 0.3 is 0 Å². The lowest BCUT2D eigenvalue weighted by molar-refractivity contribution is 0.0940. The molecule has 3 aromatic rings. The van der Waals surface area contributed by atoms with Crippen molar-refractivity contribution in [1.29, 1.82) is 0 Å². The third-order valence-electron chi connectivity index (χ3n) is 5.74. The maximum atomic E-state index is 12.8. The number of amides is 1. The van der Waals surface area contributed by atoms with Gasteiger partial charge in [-0.25, -0.2) is 4.98 Å². The second kappa shape index (κ2) is 8.66. The number of aromatic nitrogens is 2. The number of rotatable bonds is 5. The van der Waals surface area contributed by atoms with Crippen LogP contribution in [-0.4, -0.2) is 29.0 Å². The number of carbonyl (C=O) groups excluding carboxylic acids is 1. The minimum absolute atomic E-state index is 0.0560. The third-order valence-corrected chi connectivity index (χ3v) is 5.74. The van der Waals surface area contributed by atoms with Crippen molar-refractivity contribution in [3.05, 3.63) is 77.1 Å². The summed E-state index contributed by atoms with van der Waals surface area (Å²) in [6.45, 7) is 8.21. The summed E-state index contributed by atoms with van der Waals surface area (Å²) in [5, 5.41) is 3.11. The minimum atomic E-state index is -0.0760. The van der Waals surface area contributed by atoms with Gasteiger partial charge in [0.15, 0.2) is 5.82 Å². The Balaban J connectivity index is 1.50. The molecule has 2 heterocycles. The van der Waals surface area contributed by atoms with Crippen molar-refractivity contribution in [2.45, 2.75) is 39.7 Å². The number of hydrogen-bond acceptors (Lipinski definition) is 4. The van der Waals surface area contributed by atoms with Crippen molar-refractivity contribution < 1.29 is 4.79 Å². The Bertz CT molecular complexity index is 1040. The number of benzene rings is 2. The Kier molecular flexibility index (Phi) is 5.79. The van der Waals surface area contributed by atoms with Gasteiger partial charge < -0.3 is 10.2 Å². The van der Waals surface area contributed by atoms with Gasteiger partial charge in [0.05, 0.1) is 6.04 Å². The molecule has 1 N–H and O–H groups in total. The highest BCUT2D eigenvalue weighted by molar-refractivity contribution is 5.95. The number of nitrogens with zero attached hydrogens (tertiary/aromatic N) is 3. The SMILES string of the molecule is Cc1ccc([C@H](C)NC(=O)c2ccc(-c3nccnc3N3CCCC3)cc2)c(C)c1. The van der Waals surface area contributed by atoms with E-state index in [1.54, 1.807) is 12.4 Å². The van der Waals surface area contributed by atoms with Gasteiger partial charge in [0, 0.05) is 36.6 Å². The third kappa shape index (κ3) is 4.20. The number of nitrogens with one attached hydrogen (secondary N) is 1. The molecule has 1 aliphatic rings. The summed E-state index contributed by atoms with van der Waals surface area (Å²) in [7, 11) is 0. The molecule has 1 saturated heterocycles. The lowest BCUT2D eigenvalue weighted by Crippen LogP contribution is -2.27. The summed E-state index contributed by atoms with van der Waals surface area (Å²) in [4.78, 5) is 24.2. The van der Waals surface area contributed by atoms with Crippen LogP contribution in [0.4, 0.5) is 5.82 Å². The first-order valence-electron chi connectivity index (χ1n) is 10.6. The fourth-order valence-electron chi connectivity index (χ4n) is 4.14. The van der Waals surface area contributed by atoms with Gasteiger partial charge in [0.25, 0.3) is 5.91 Å². The van der Waals surface area contributed by atoms with E-state index in [1.165, 1.54) is 24.0 Å². The summed E-state index contributed by atoms with van der Waals surface area (Å²) >= 11 is 0. The molecule has 0 spiro atoms. The summed E-state index contributed by atoms with van der Waals surface area (Å²) < 4.78 is 0. The van der Waals surface area contributed by atoms with Crippen LogP contribution in [0, 0.1) is 13.8 Å². The fourth-order valence-corrected chi connectivity index (χ4v) is 4.14. The van der Waals surface area contributed by atoms with Crippen LogP contribution in [0.1, 0.15) is 52.9 Å². The molecule has 1 aromatic heterocycles. The summed E-state index contributed by atoms with van der Waals surface area (Å²) in [5.74, 6) is 0.851. The predicted octanol–water partition coefficient (Wildman–Crippen LogP) is 4.85. The average Bonchev–Trinajstić information content (AvgIpc) is 3.28. The zero-order valence-electron chi connectivity index (χ0n) is 17.9. The van der Waals surface area contributed by atoms with Crippen LogP contribution in [0.25, 0.3) is 11.3 Å². The minimum Gasteiger partial charge on any atom is -0.355 e. The van der Waals surface area contributed by atoms with Crippen LogP contribution >= 0.6 is 0 Å². The van der Waals surface area contributed by atoms with E-state index in [4.69, 9.17) is 0 Å². The largest absolute Gasteiger partial charge is 0.355 e. The second-order valence-corrected chi connectivity index (χ2v) is 8.06. The fraction of sp³-hybridized carbons (Fsp3) is 0.320. The molecule has 4 rings (SSSR count). The lowest BCUT2D eigenvalue weighted by atomic mass is 10.00. The molecule has 5 heteroatoms. The molecular weight excluding hydrogens is 372 g/mol. The second-order valence-electron chi connectivity index (χ2n) is 8.06. The van der Waals surface area contributed by atoms with Crippen LogP contribution in [0.3, 0.4) is 0 Å². The van der Waals surface area contributed by atoms with Crippen molar-refractivity contribution in [2.75, 3.05) is 18.0 Å². The van der Waals surface area contributed by atoms with E-state index in [1.807, 2.05) is 31.2 Å². The van der Waals surface area contributed by atoms with E-state index < -0.39 is 0 Å². The Morgan fingerprint density at radius 3 is 2.40 bits per heavy atom. The van der Waals surface area contributed by atoms with Gasteiger partial charge in [0.1, 0.15) is 5.69 Å². The molecule has 1 fully saturated rings. The molecule has 5 nitrogen and oxygen atoms in total. The molecule has 1 aliphatic heterocycles. The Morgan fingerprint density at radius 2 is 1.70 bits per heavy atom. The molecule has 154 valence electrons. The molecule has 0 bridgehead atoms. The van der Waals surface area contributed by atoms with E-state index in [-0.39, 0.29) is 11.9 Å². The van der Waals surface area contributed by atoms with Crippen LogP contribution in [0.2, 0.25) is 0 Å². The number of anilines is 1. The highest BCUT2D eigenvalue weighted by Crippen LogP contribution is 2.29. The molecular formula is C25H28N4O. The molecule has 1 amide bonds. The molecule has 0 radical (unpaired) electrons. The average molecular weight is 401 g/mol. The maximum Gasteiger partial charge on any atom is 0.251 e. The van der Waals surface area contributed by atoms with Gasteiger partial charge in [-0.1, -0.05) is 35.9 Å².